The van der Waals surface area contributed by atoms with Gasteiger partial charge >= 0.3 is 0 Å². The quantitative estimate of drug-likeness (QED) is 0.744. The summed E-state index contributed by atoms with van der Waals surface area (Å²) in [5, 5.41) is 2.99. The Bertz CT molecular complexity index is 773. The minimum Gasteiger partial charge on any atom is -0.497 e. The number of benzene rings is 2. The Morgan fingerprint density at radius 2 is 1.59 bits per heavy atom. The van der Waals surface area contributed by atoms with Crippen LogP contribution in [0.25, 0.3) is 0 Å². The van der Waals surface area contributed by atoms with Gasteiger partial charge in [0, 0.05) is 5.56 Å². The largest absolute Gasteiger partial charge is 0.497 e. The van der Waals surface area contributed by atoms with Crippen molar-refractivity contribution in [3.05, 3.63) is 53.6 Å². The van der Waals surface area contributed by atoms with Gasteiger partial charge in [-0.05, 0) is 49.6 Å². The lowest BCUT2D eigenvalue weighted by Crippen LogP contribution is -2.38. The van der Waals surface area contributed by atoms with Crippen LogP contribution < -0.4 is 19.5 Å². The summed E-state index contributed by atoms with van der Waals surface area (Å²) in [5.41, 5.74) is 1.93. The first-order valence-electron chi connectivity index (χ1n) is 9.15. The normalized spacial score (nSPS) is 13.0. The fourth-order valence-corrected chi connectivity index (χ4v) is 2.90. The molecule has 0 aromatic heterocycles. The van der Waals surface area contributed by atoms with E-state index in [0.717, 1.165) is 16.9 Å². The monoisotopic (exact) mass is 371 g/mol. The fourth-order valence-electron chi connectivity index (χ4n) is 2.90. The van der Waals surface area contributed by atoms with Gasteiger partial charge in [0.2, 0.25) is 0 Å². The molecule has 0 saturated carbocycles. The van der Waals surface area contributed by atoms with Crippen molar-refractivity contribution in [2.24, 2.45) is 0 Å². The van der Waals surface area contributed by atoms with Gasteiger partial charge in [0.15, 0.2) is 6.10 Å². The number of para-hydroxylation sites is 1. The average molecular weight is 371 g/mol. The zero-order valence-corrected chi connectivity index (χ0v) is 16.9. The highest BCUT2D eigenvalue weighted by Crippen LogP contribution is 2.30. The molecule has 5 nitrogen and oxygen atoms in total. The Morgan fingerprint density at radius 1 is 0.889 bits per heavy atom. The summed E-state index contributed by atoms with van der Waals surface area (Å²) in [6.07, 6.45) is -0.621. The summed E-state index contributed by atoms with van der Waals surface area (Å²) in [4.78, 5) is 12.7. The van der Waals surface area contributed by atoms with E-state index < -0.39 is 6.10 Å². The second-order valence-electron chi connectivity index (χ2n) is 6.79. The van der Waals surface area contributed by atoms with E-state index in [-0.39, 0.29) is 11.9 Å². The van der Waals surface area contributed by atoms with Crippen LogP contribution in [0.15, 0.2) is 42.5 Å². The number of carbonyl (C=O) groups is 1. The lowest BCUT2D eigenvalue weighted by molar-refractivity contribution is -0.127. The molecule has 0 fully saturated rings. The molecule has 1 N–H and O–H groups in total. The van der Waals surface area contributed by atoms with Crippen molar-refractivity contribution >= 4 is 5.91 Å². The molecule has 0 aliphatic carbocycles. The number of hydrogen-bond donors (Lipinski definition) is 1. The third-order valence-electron chi connectivity index (χ3n) is 4.48. The van der Waals surface area contributed by atoms with Crippen molar-refractivity contribution in [2.45, 2.75) is 45.8 Å². The molecule has 2 rings (SSSR count). The second kappa shape index (κ2) is 9.31. The van der Waals surface area contributed by atoms with E-state index in [9.17, 15) is 4.79 Å². The SMILES string of the molecule is COc1ccc(OC)c(C(C)NC(=O)C(C)Oc2ccccc2C(C)C)c1. The number of carbonyl (C=O) groups excluding carboxylic acids is 1. The summed E-state index contributed by atoms with van der Waals surface area (Å²) in [5.74, 6) is 2.27. The van der Waals surface area contributed by atoms with Crippen LogP contribution in [-0.2, 0) is 4.79 Å². The predicted octanol–water partition coefficient (Wildman–Crippen LogP) is 4.47. The van der Waals surface area contributed by atoms with Crippen LogP contribution in [0.5, 0.6) is 17.2 Å². The molecule has 0 bridgehead atoms. The summed E-state index contributed by atoms with van der Waals surface area (Å²) in [6.45, 7) is 7.86. The standard InChI is InChI=1S/C22H29NO4/c1-14(2)18-9-7-8-10-21(18)27-16(4)22(24)23-15(3)19-13-17(25-5)11-12-20(19)26-6/h7-16H,1-6H3,(H,23,24). The number of amides is 1. The molecular formula is C22H29NO4. The van der Waals surface area contributed by atoms with Gasteiger partial charge in [0.25, 0.3) is 5.91 Å². The number of ether oxygens (including phenoxy) is 3. The zero-order valence-electron chi connectivity index (χ0n) is 16.9. The predicted molar refractivity (Wildman–Crippen MR) is 107 cm³/mol. The summed E-state index contributed by atoms with van der Waals surface area (Å²) in [7, 11) is 3.21. The topological polar surface area (TPSA) is 56.8 Å². The molecule has 0 heterocycles. The van der Waals surface area contributed by atoms with Gasteiger partial charge in [-0.25, -0.2) is 0 Å². The molecule has 0 spiro atoms. The molecule has 5 heteroatoms. The molecule has 146 valence electrons. The number of rotatable bonds is 8. The second-order valence-corrected chi connectivity index (χ2v) is 6.79. The van der Waals surface area contributed by atoms with Gasteiger partial charge in [-0.15, -0.1) is 0 Å². The van der Waals surface area contributed by atoms with Gasteiger partial charge in [-0.1, -0.05) is 32.0 Å². The Hall–Kier alpha value is -2.69. The van der Waals surface area contributed by atoms with E-state index >= 15 is 0 Å². The molecule has 27 heavy (non-hydrogen) atoms. The Kier molecular flexibility index (Phi) is 7.11. The minimum absolute atomic E-state index is 0.189. The highest BCUT2D eigenvalue weighted by Gasteiger charge is 2.21. The van der Waals surface area contributed by atoms with Gasteiger partial charge in [-0.2, -0.15) is 0 Å². The Balaban J connectivity index is 2.10. The Morgan fingerprint density at radius 3 is 2.22 bits per heavy atom. The Labute approximate surface area is 161 Å². The first-order valence-corrected chi connectivity index (χ1v) is 9.15. The minimum atomic E-state index is -0.621. The van der Waals surface area contributed by atoms with Gasteiger partial charge in [0.1, 0.15) is 17.2 Å². The number of nitrogens with one attached hydrogen (secondary N) is 1. The smallest absolute Gasteiger partial charge is 0.261 e. The summed E-state index contributed by atoms with van der Waals surface area (Å²) < 4.78 is 16.6. The van der Waals surface area contributed by atoms with E-state index in [0.29, 0.717) is 17.4 Å². The third kappa shape index (κ3) is 5.16. The van der Waals surface area contributed by atoms with Crippen LogP contribution in [0.3, 0.4) is 0 Å². The first kappa shape index (κ1) is 20.6. The van der Waals surface area contributed by atoms with Crippen molar-refractivity contribution < 1.29 is 19.0 Å². The van der Waals surface area contributed by atoms with Gasteiger partial charge in [-0.3, -0.25) is 4.79 Å². The number of methoxy groups -OCH3 is 2. The van der Waals surface area contributed by atoms with Crippen molar-refractivity contribution in [3.8, 4) is 17.2 Å². The molecule has 2 atom stereocenters. The molecule has 0 aliphatic heterocycles. The molecule has 1 amide bonds. The lowest BCUT2D eigenvalue weighted by Gasteiger charge is -2.22. The molecule has 2 aromatic carbocycles. The molecule has 0 aliphatic rings. The van der Waals surface area contributed by atoms with Crippen LogP contribution in [0.4, 0.5) is 0 Å². The lowest BCUT2D eigenvalue weighted by atomic mass is 10.0. The fraction of sp³-hybridized carbons (Fsp3) is 0.409. The first-order chi connectivity index (χ1) is 12.9. The van der Waals surface area contributed by atoms with E-state index in [1.807, 2.05) is 49.4 Å². The molecule has 2 unspecified atom stereocenters. The third-order valence-corrected chi connectivity index (χ3v) is 4.48. The van der Waals surface area contributed by atoms with Crippen molar-refractivity contribution in [3.63, 3.8) is 0 Å². The molecule has 0 radical (unpaired) electrons. The van der Waals surface area contributed by atoms with E-state index in [2.05, 4.69) is 19.2 Å². The maximum atomic E-state index is 12.7. The number of hydrogen-bond acceptors (Lipinski definition) is 4. The van der Waals surface area contributed by atoms with Gasteiger partial charge < -0.3 is 19.5 Å². The van der Waals surface area contributed by atoms with Crippen LogP contribution in [0.2, 0.25) is 0 Å². The molecule has 2 aromatic rings. The zero-order chi connectivity index (χ0) is 20.0. The van der Waals surface area contributed by atoms with Crippen LogP contribution in [-0.4, -0.2) is 26.2 Å². The summed E-state index contributed by atoms with van der Waals surface area (Å²) >= 11 is 0. The molecular weight excluding hydrogens is 342 g/mol. The van der Waals surface area contributed by atoms with E-state index in [1.54, 1.807) is 21.1 Å². The molecule has 0 saturated heterocycles. The van der Waals surface area contributed by atoms with E-state index in [1.165, 1.54) is 0 Å². The highest BCUT2D eigenvalue weighted by molar-refractivity contribution is 5.81. The van der Waals surface area contributed by atoms with Gasteiger partial charge in [0.05, 0.1) is 20.3 Å². The van der Waals surface area contributed by atoms with Crippen molar-refractivity contribution in [1.82, 2.24) is 5.32 Å². The average Bonchev–Trinajstić information content (AvgIpc) is 2.67. The van der Waals surface area contributed by atoms with Crippen molar-refractivity contribution in [2.75, 3.05) is 14.2 Å². The van der Waals surface area contributed by atoms with Crippen LogP contribution in [0.1, 0.15) is 50.8 Å². The highest BCUT2D eigenvalue weighted by atomic mass is 16.5. The van der Waals surface area contributed by atoms with Crippen molar-refractivity contribution in [1.29, 1.82) is 0 Å². The van der Waals surface area contributed by atoms with E-state index in [4.69, 9.17) is 14.2 Å². The summed E-state index contributed by atoms with van der Waals surface area (Å²) in [6, 6.07) is 13.1. The maximum Gasteiger partial charge on any atom is 0.261 e. The maximum absolute atomic E-state index is 12.7. The van der Waals surface area contributed by atoms with Crippen LogP contribution >= 0.6 is 0 Å². The van der Waals surface area contributed by atoms with Crippen LogP contribution in [0, 0.1) is 0 Å².